The minimum Gasteiger partial charge on any atom is -0.394 e. The maximum absolute atomic E-state index is 8.34. The van der Waals surface area contributed by atoms with Crippen LogP contribution in [0.2, 0.25) is 0 Å². The lowest BCUT2D eigenvalue weighted by molar-refractivity contribution is 0.0698. The number of aliphatic hydroxyl groups is 3. The van der Waals surface area contributed by atoms with E-state index in [1.54, 1.807) is 0 Å². The SMILES string of the molecule is Cc1ccc(P)cc1.NC(CO)(CO)CO. The molecule has 0 bridgehead atoms. The zero-order valence-electron chi connectivity index (χ0n) is 9.43. The van der Waals surface area contributed by atoms with Crippen LogP contribution in [0.15, 0.2) is 24.3 Å². The van der Waals surface area contributed by atoms with Crippen molar-refractivity contribution in [2.45, 2.75) is 12.5 Å². The third kappa shape index (κ3) is 6.16. The summed E-state index contributed by atoms with van der Waals surface area (Å²) in [5.74, 6) is 0. The van der Waals surface area contributed by atoms with E-state index in [2.05, 4.69) is 40.4 Å². The number of hydrogen-bond acceptors (Lipinski definition) is 4. The predicted octanol–water partition coefficient (Wildman–Crippen LogP) is -0.844. The summed E-state index contributed by atoms with van der Waals surface area (Å²) in [6.07, 6.45) is 0. The Morgan fingerprint density at radius 2 is 1.44 bits per heavy atom. The first kappa shape index (κ1) is 15.5. The van der Waals surface area contributed by atoms with Crippen LogP contribution in [-0.4, -0.2) is 40.7 Å². The van der Waals surface area contributed by atoms with Crippen molar-refractivity contribution < 1.29 is 15.3 Å². The molecule has 5 heteroatoms. The summed E-state index contributed by atoms with van der Waals surface area (Å²) in [5.41, 5.74) is 5.25. The molecule has 16 heavy (non-hydrogen) atoms. The highest BCUT2D eigenvalue weighted by molar-refractivity contribution is 7.27. The Kier molecular flexibility index (Phi) is 7.47. The Bertz CT molecular complexity index is 257. The van der Waals surface area contributed by atoms with Gasteiger partial charge in [0, 0.05) is 0 Å². The fourth-order valence-corrected chi connectivity index (χ4v) is 0.909. The van der Waals surface area contributed by atoms with Crippen molar-refractivity contribution >= 4 is 14.5 Å². The first-order chi connectivity index (χ1) is 7.47. The second-order valence-electron chi connectivity index (χ2n) is 3.75. The number of nitrogens with two attached hydrogens (primary N) is 1. The monoisotopic (exact) mass is 245 g/mol. The smallest absolute Gasteiger partial charge is 0.0856 e. The van der Waals surface area contributed by atoms with Crippen LogP contribution in [0.1, 0.15) is 5.56 Å². The normalized spacial score (nSPS) is 10.6. The molecule has 1 aromatic rings. The van der Waals surface area contributed by atoms with Crippen LogP contribution in [-0.2, 0) is 0 Å². The van der Waals surface area contributed by atoms with Gasteiger partial charge in [0.25, 0.3) is 0 Å². The fraction of sp³-hybridized carbons (Fsp3) is 0.455. The largest absolute Gasteiger partial charge is 0.394 e. The first-order valence-electron chi connectivity index (χ1n) is 4.91. The number of benzene rings is 1. The van der Waals surface area contributed by atoms with Gasteiger partial charge in [0.2, 0.25) is 0 Å². The number of rotatable bonds is 3. The van der Waals surface area contributed by atoms with Gasteiger partial charge in [0.05, 0.1) is 25.4 Å². The Balaban J connectivity index is 0.000000281. The molecule has 5 N–H and O–H groups in total. The van der Waals surface area contributed by atoms with Crippen LogP contribution in [0.5, 0.6) is 0 Å². The second kappa shape index (κ2) is 7.71. The van der Waals surface area contributed by atoms with Gasteiger partial charge in [-0.2, -0.15) is 0 Å². The number of aliphatic hydroxyl groups excluding tert-OH is 3. The van der Waals surface area contributed by atoms with Gasteiger partial charge >= 0.3 is 0 Å². The molecular weight excluding hydrogens is 225 g/mol. The highest BCUT2D eigenvalue weighted by atomic mass is 31.0. The zero-order chi connectivity index (χ0) is 12.6. The molecule has 1 unspecified atom stereocenters. The Morgan fingerprint density at radius 3 is 1.62 bits per heavy atom. The quantitative estimate of drug-likeness (QED) is 0.523. The van der Waals surface area contributed by atoms with Crippen molar-refractivity contribution in [3.63, 3.8) is 0 Å². The third-order valence-corrected chi connectivity index (χ3v) is 2.41. The van der Waals surface area contributed by atoms with Crippen LogP contribution < -0.4 is 11.0 Å². The average Bonchev–Trinajstić information content (AvgIpc) is 2.33. The van der Waals surface area contributed by atoms with Crippen molar-refractivity contribution in [1.29, 1.82) is 0 Å². The van der Waals surface area contributed by atoms with E-state index in [0.29, 0.717) is 0 Å². The van der Waals surface area contributed by atoms with E-state index >= 15 is 0 Å². The highest BCUT2D eigenvalue weighted by Crippen LogP contribution is 1.95. The molecule has 0 saturated heterocycles. The van der Waals surface area contributed by atoms with E-state index in [-0.39, 0.29) is 0 Å². The van der Waals surface area contributed by atoms with E-state index in [9.17, 15) is 0 Å². The second-order valence-corrected chi connectivity index (χ2v) is 4.41. The fourth-order valence-electron chi connectivity index (χ4n) is 0.716. The molecule has 0 saturated carbocycles. The molecule has 0 amide bonds. The van der Waals surface area contributed by atoms with Crippen LogP contribution >= 0.6 is 9.24 Å². The number of hydrogen-bond donors (Lipinski definition) is 4. The van der Waals surface area contributed by atoms with Crippen LogP contribution in [0.4, 0.5) is 0 Å². The lowest BCUT2D eigenvalue weighted by Crippen LogP contribution is -2.50. The first-order valence-corrected chi connectivity index (χ1v) is 5.49. The van der Waals surface area contributed by atoms with Crippen LogP contribution in [0.3, 0.4) is 0 Å². The van der Waals surface area contributed by atoms with Crippen LogP contribution in [0, 0.1) is 6.92 Å². The lowest BCUT2D eigenvalue weighted by atomic mass is 10.1. The minimum atomic E-state index is -1.21. The average molecular weight is 245 g/mol. The van der Waals surface area contributed by atoms with Gasteiger partial charge < -0.3 is 21.1 Å². The summed E-state index contributed by atoms with van der Waals surface area (Å²) < 4.78 is 0. The molecule has 0 radical (unpaired) electrons. The summed E-state index contributed by atoms with van der Waals surface area (Å²) in [6.45, 7) is 0.879. The Morgan fingerprint density at radius 1 is 1.06 bits per heavy atom. The van der Waals surface area contributed by atoms with Gasteiger partial charge in [-0.25, -0.2) is 0 Å². The van der Waals surface area contributed by atoms with E-state index in [1.807, 2.05) is 0 Å². The molecule has 1 aromatic carbocycles. The molecular formula is C11H20NO3P. The van der Waals surface area contributed by atoms with Crippen molar-refractivity contribution in [3.8, 4) is 0 Å². The predicted molar refractivity (Wildman–Crippen MR) is 68.7 cm³/mol. The molecule has 0 aliphatic rings. The molecule has 1 atom stereocenters. The van der Waals surface area contributed by atoms with E-state index in [4.69, 9.17) is 21.1 Å². The van der Waals surface area contributed by atoms with Gasteiger partial charge in [-0.3, -0.25) is 0 Å². The molecule has 92 valence electrons. The van der Waals surface area contributed by atoms with Crippen molar-refractivity contribution in [3.05, 3.63) is 29.8 Å². The molecule has 0 aromatic heterocycles. The zero-order valence-corrected chi connectivity index (χ0v) is 10.6. The van der Waals surface area contributed by atoms with E-state index < -0.39 is 25.4 Å². The number of aryl methyl sites for hydroxylation is 1. The molecule has 0 fully saturated rings. The standard InChI is InChI=1S/C7H9P.C4H11NO3/c1-6-2-4-7(8)5-3-6;5-4(1-6,2-7)3-8/h2-5H,8H2,1H3;6-8H,1-3,5H2. The van der Waals surface area contributed by atoms with Gasteiger partial charge in [-0.15, -0.1) is 9.24 Å². The topological polar surface area (TPSA) is 86.7 Å². The molecule has 4 nitrogen and oxygen atoms in total. The van der Waals surface area contributed by atoms with Gasteiger partial charge in [-0.05, 0) is 12.2 Å². The summed E-state index contributed by atoms with van der Waals surface area (Å²) in [6, 6.07) is 8.37. The Hall–Kier alpha value is -0.510. The summed E-state index contributed by atoms with van der Waals surface area (Å²) in [5, 5.41) is 26.3. The highest BCUT2D eigenvalue weighted by Gasteiger charge is 2.20. The molecule has 0 aliphatic heterocycles. The van der Waals surface area contributed by atoms with Gasteiger partial charge in [-0.1, -0.05) is 29.8 Å². The van der Waals surface area contributed by atoms with Gasteiger partial charge in [0.15, 0.2) is 0 Å². The van der Waals surface area contributed by atoms with Crippen molar-refractivity contribution in [1.82, 2.24) is 0 Å². The van der Waals surface area contributed by atoms with Crippen molar-refractivity contribution in [2.75, 3.05) is 19.8 Å². The Labute approximate surface area is 98.3 Å². The maximum Gasteiger partial charge on any atom is 0.0856 e. The van der Waals surface area contributed by atoms with E-state index in [1.165, 1.54) is 10.9 Å². The maximum atomic E-state index is 8.34. The molecule has 0 aliphatic carbocycles. The minimum absolute atomic E-state index is 0.403. The summed E-state index contributed by atoms with van der Waals surface area (Å²) in [4.78, 5) is 0. The molecule has 1 rings (SSSR count). The third-order valence-electron chi connectivity index (χ3n) is 2.02. The summed E-state index contributed by atoms with van der Waals surface area (Å²) >= 11 is 0. The van der Waals surface area contributed by atoms with Gasteiger partial charge in [0.1, 0.15) is 0 Å². The lowest BCUT2D eigenvalue weighted by Gasteiger charge is -2.20. The summed E-state index contributed by atoms with van der Waals surface area (Å²) in [7, 11) is 2.65. The molecule has 0 heterocycles. The molecule has 0 spiro atoms. The van der Waals surface area contributed by atoms with Crippen LogP contribution in [0.25, 0.3) is 0 Å². The van der Waals surface area contributed by atoms with E-state index in [0.717, 1.165) is 0 Å². The van der Waals surface area contributed by atoms with Crippen molar-refractivity contribution in [2.24, 2.45) is 5.73 Å².